The molecule has 0 aliphatic carbocycles. The Morgan fingerprint density at radius 3 is 2.10 bits per heavy atom. The molecule has 1 fully saturated rings. The van der Waals surface area contributed by atoms with E-state index in [1.165, 1.54) is 19.2 Å². The van der Waals surface area contributed by atoms with Crippen LogP contribution >= 0.6 is 7.75 Å². The summed E-state index contributed by atoms with van der Waals surface area (Å²) in [5.41, 5.74) is 1.68. The largest absolute Gasteiger partial charge is 0.485 e. The maximum absolute atomic E-state index is 12.8. The van der Waals surface area contributed by atoms with E-state index >= 15 is 0 Å². The van der Waals surface area contributed by atoms with E-state index in [0.29, 0.717) is 4.67 Å². The molecule has 1 aromatic heterocycles. The summed E-state index contributed by atoms with van der Waals surface area (Å²) in [6.45, 7) is 0.926. The highest BCUT2D eigenvalue weighted by Gasteiger charge is 2.54. The van der Waals surface area contributed by atoms with Gasteiger partial charge in [-0.05, 0) is 18.1 Å². The SMILES string of the molecule is C[C@H]1C(NC(=O)O)C(=O)N1P(=O)(O)OCC(=O)c1cc(OCc2ccccc2)c(OCc2ccccc2)cn1. The van der Waals surface area contributed by atoms with E-state index in [9.17, 15) is 23.8 Å². The smallest absolute Gasteiger partial charge is 0.435 e. The summed E-state index contributed by atoms with van der Waals surface area (Å²) in [6.07, 6.45) is -0.130. The van der Waals surface area contributed by atoms with Crippen LogP contribution in [0.25, 0.3) is 0 Å². The molecule has 3 aromatic rings. The zero-order valence-electron chi connectivity index (χ0n) is 20.8. The van der Waals surface area contributed by atoms with Crippen LogP contribution in [0.3, 0.4) is 0 Å². The van der Waals surface area contributed by atoms with Crippen LogP contribution in [-0.2, 0) is 27.1 Å². The van der Waals surface area contributed by atoms with Crippen LogP contribution in [0.5, 0.6) is 11.5 Å². The van der Waals surface area contributed by atoms with Crippen molar-refractivity contribution in [1.82, 2.24) is 15.0 Å². The number of ether oxygens (including phenoxy) is 2. The molecule has 4 rings (SSSR count). The van der Waals surface area contributed by atoms with Crippen LogP contribution in [0.1, 0.15) is 28.5 Å². The Kier molecular flexibility index (Phi) is 8.60. The summed E-state index contributed by atoms with van der Waals surface area (Å²) in [6, 6.07) is 18.0. The average Bonchev–Trinajstić information content (AvgIpc) is 2.93. The number of hydrogen-bond acceptors (Lipinski definition) is 8. The summed E-state index contributed by atoms with van der Waals surface area (Å²) < 4.78 is 29.9. The first-order chi connectivity index (χ1) is 18.7. The molecule has 0 radical (unpaired) electrons. The summed E-state index contributed by atoms with van der Waals surface area (Å²) in [7, 11) is -4.74. The lowest BCUT2D eigenvalue weighted by molar-refractivity contribution is -0.142. The molecule has 0 spiro atoms. The first-order valence-corrected chi connectivity index (χ1v) is 13.4. The minimum atomic E-state index is -4.74. The number of ketones is 1. The highest BCUT2D eigenvalue weighted by Crippen LogP contribution is 2.52. The van der Waals surface area contributed by atoms with Crippen LogP contribution in [0.4, 0.5) is 4.79 Å². The Hall–Kier alpha value is -4.25. The van der Waals surface area contributed by atoms with Crippen LogP contribution in [0.15, 0.2) is 72.9 Å². The third-order valence-electron chi connectivity index (χ3n) is 5.87. The molecule has 204 valence electrons. The standard InChI is InChI=1S/C26H26N3O9P/c1-17-24(28-26(32)33)25(31)29(17)39(34,35)38-16-21(30)20-12-22(36-14-18-8-4-2-5-9-18)23(13-27-20)37-15-19-10-6-3-7-11-19/h2-13,17,24,28H,14-16H2,1H3,(H,32,33)(H,34,35)/t17-,24?/m0/s1. The second kappa shape index (κ2) is 12.1. The van der Waals surface area contributed by atoms with E-state index < -0.39 is 44.2 Å². The lowest BCUT2D eigenvalue weighted by Gasteiger charge is -2.45. The summed E-state index contributed by atoms with van der Waals surface area (Å²) in [4.78, 5) is 50.1. The molecule has 1 saturated heterocycles. The van der Waals surface area contributed by atoms with Gasteiger partial charge in [0.1, 0.15) is 31.6 Å². The molecule has 1 aliphatic heterocycles. The molecule has 2 unspecified atom stereocenters. The van der Waals surface area contributed by atoms with Crippen LogP contribution in [0, 0.1) is 0 Å². The third kappa shape index (κ3) is 6.80. The molecule has 12 nitrogen and oxygen atoms in total. The summed E-state index contributed by atoms with van der Waals surface area (Å²) in [5.74, 6) is -1.16. The van der Waals surface area contributed by atoms with Crippen molar-refractivity contribution < 1.29 is 42.9 Å². The van der Waals surface area contributed by atoms with Gasteiger partial charge in [-0.25, -0.2) is 19.0 Å². The molecule has 0 saturated carbocycles. The van der Waals surface area contributed by atoms with Gasteiger partial charge < -0.3 is 24.8 Å². The zero-order valence-corrected chi connectivity index (χ0v) is 21.7. The fraction of sp³-hybridized carbons (Fsp3) is 0.231. The van der Waals surface area contributed by atoms with Gasteiger partial charge in [-0.2, -0.15) is 0 Å². The van der Waals surface area contributed by atoms with Crippen LogP contribution in [0.2, 0.25) is 0 Å². The van der Waals surface area contributed by atoms with E-state index in [4.69, 9.17) is 19.1 Å². The Morgan fingerprint density at radius 2 is 1.56 bits per heavy atom. The van der Waals surface area contributed by atoms with Crippen LogP contribution < -0.4 is 14.8 Å². The number of carbonyl (C=O) groups excluding carboxylic acids is 2. The number of rotatable bonds is 12. The quantitative estimate of drug-likeness (QED) is 0.171. The molecule has 2 amide bonds. The van der Waals surface area contributed by atoms with Crippen molar-refractivity contribution in [3.63, 3.8) is 0 Å². The second-order valence-corrected chi connectivity index (χ2v) is 10.3. The van der Waals surface area contributed by atoms with Crippen molar-refractivity contribution in [2.45, 2.75) is 32.2 Å². The third-order valence-corrected chi connectivity index (χ3v) is 7.44. The monoisotopic (exact) mass is 555 g/mol. The number of benzene rings is 2. The van der Waals surface area contributed by atoms with E-state index in [2.05, 4.69) is 4.98 Å². The molecular weight excluding hydrogens is 529 g/mol. The normalized spacial score (nSPS) is 18.0. The Labute approximate surface area is 223 Å². The lowest BCUT2D eigenvalue weighted by Crippen LogP contribution is -2.68. The first kappa shape index (κ1) is 27.8. The average molecular weight is 555 g/mol. The van der Waals surface area contributed by atoms with E-state index in [1.807, 2.05) is 66.0 Å². The molecule has 3 N–H and O–H groups in total. The molecule has 2 heterocycles. The van der Waals surface area contributed by atoms with Crippen molar-refractivity contribution in [3.8, 4) is 11.5 Å². The number of carbonyl (C=O) groups is 3. The number of nitrogens with zero attached hydrogens (tertiary/aromatic N) is 2. The summed E-state index contributed by atoms with van der Waals surface area (Å²) in [5, 5.41) is 10.8. The fourth-order valence-corrected chi connectivity index (χ4v) is 5.20. The predicted octanol–water partition coefficient (Wildman–Crippen LogP) is 3.41. The van der Waals surface area contributed by atoms with Crippen molar-refractivity contribution in [2.75, 3.05) is 6.61 Å². The fourth-order valence-electron chi connectivity index (χ4n) is 3.83. The Bertz CT molecular complexity index is 1390. The number of Topliss-reactive ketones (excluding diaryl/α,β-unsaturated/α-hetero) is 1. The minimum Gasteiger partial charge on any atom is -0.485 e. The van der Waals surface area contributed by atoms with E-state index in [0.717, 1.165) is 11.1 Å². The van der Waals surface area contributed by atoms with Crippen LogP contribution in [-0.4, -0.2) is 56.1 Å². The van der Waals surface area contributed by atoms with Crippen molar-refractivity contribution in [1.29, 1.82) is 0 Å². The maximum atomic E-state index is 12.8. The first-order valence-electron chi connectivity index (χ1n) is 11.8. The van der Waals surface area contributed by atoms with Crippen molar-refractivity contribution in [2.24, 2.45) is 0 Å². The van der Waals surface area contributed by atoms with Crippen molar-refractivity contribution >= 4 is 25.5 Å². The number of amides is 2. The van der Waals surface area contributed by atoms with Gasteiger partial charge in [0.25, 0.3) is 5.91 Å². The van der Waals surface area contributed by atoms with E-state index in [-0.39, 0.29) is 30.4 Å². The molecule has 0 bridgehead atoms. The lowest BCUT2D eigenvalue weighted by atomic mass is 10.0. The molecule has 13 heteroatoms. The highest BCUT2D eigenvalue weighted by atomic mass is 31.2. The van der Waals surface area contributed by atoms with E-state index in [1.54, 1.807) is 0 Å². The number of nitrogens with one attached hydrogen (secondary N) is 1. The zero-order chi connectivity index (χ0) is 28.0. The highest BCUT2D eigenvalue weighted by molar-refractivity contribution is 7.51. The molecule has 3 atom stereocenters. The van der Waals surface area contributed by atoms with Gasteiger partial charge in [0.15, 0.2) is 11.5 Å². The predicted molar refractivity (Wildman–Crippen MR) is 137 cm³/mol. The number of aromatic nitrogens is 1. The Morgan fingerprint density at radius 1 is 1.00 bits per heavy atom. The number of pyridine rings is 1. The molecule has 2 aromatic carbocycles. The van der Waals surface area contributed by atoms with Gasteiger partial charge in [-0.15, -0.1) is 0 Å². The summed E-state index contributed by atoms with van der Waals surface area (Å²) >= 11 is 0. The maximum Gasteiger partial charge on any atom is 0.435 e. The minimum absolute atomic E-state index is 0.112. The number of β-lactam (4-membered cyclic amide) rings is 1. The Balaban J connectivity index is 1.45. The molecule has 39 heavy (non-hydrogen) atoms. The van der Waals surface area contributed by atoms with Gasteiger partial charge >= 0.3 is 13.8 Å². The van der Waals surface area contributed by atoms with Gasteiger partial charge in [0, 0.05) is 6.07 Å². The van der Waals surface area contributed by atoms with Crippen molar-refractivity contribution in [3.05, 3.63) is 89.7 Å². The van der Waals surface area contributed by atoms with Gasteiger partial charge in [0.2, 0.25) is 5.78 Å². The number of hydrogen-bond donors (Lipinski definition) is 3. The number of carboxylic acid groups (broad SMARTS) is 1. The topological polar surface area (TPSA) is 165 Å². The van der Waals surface area contributed by atoms with Gasteiger partial charge in [-0.3, -0.25) is 14.1 Å². The second-order valence-electron chi connectivity index (χ2n) is 8.60. The van der Waals surface area contributed by atoms with Gasteiger partial charge in [-0.1, -0.05) is 60.7 Å². The molecular formula is C26H26N3O9P. The molecule has 1 aliphatic rings. The van der Waals surface area contributed by atoms with Gasteiger partial charge in [0.05, 0.1) is 12.2 Å².